The minimum atomic E-state index is -0.592. The maximum Gasteiger partial charge on any atom is 0.230 e. The van der Waals surface area contributed by atoms with Gasteiger partial charge in [0.1, 0.15) is 0 Å². The fourth-order valence-electron chi connectivity index (χ4n) is 2.00. The van der Waals surface area contributed by atoms with E-state index in [1.807, 2.05) is 6.92 Å². The molecular weight excluding hydrogens is 248 g/mol. The summed E-state index contributed by atoms with van der Waals surface area (Å²) in [5.41, 5.74) is 5.33. The third-order valence-electron chi connectivity index (χ3n) is 3.53. The molecule has 1 aliphatic rings. The van der Waals surface area contributed by atoms with Crippen molar-refractivity contribution in [2.45, 2.75) is 32.9 Å². The first-order chi connectivity index (χ1) is 8.56. The highest BCUT2D eigenvalue weighted by atomic mass is 32.1. The molecule has 0 aromatic carbocycles. The van der Waals surface area contributed by atoms with E-state index < -0.39 is 5.41 Å². The number of carbonyl (C=O) groups excluding carboxylic acids is 1. The van der Waals surface area contributed by atoms with Gasteiger partial charge in [-0.1, -0.05) is 6.92 Å². The summed E-state index contributed by atoms with van der Waals surface area (Å²) in [5, 5.41) is 2.96. The van der Waals surface area contributed by atoms with Gasteiger partial charge in [0.05, 0.1) is 25.2 Å². The van der Waals surface area contributed by atoms with Gasteiger partial charge in [-0.3, -0.25) is 4.79 Å². The summed E-state index contributed by atoms with van der Waals surface area (Å²) in [4.78, 5) is 14.7. The van der Waals surface area contributed by atoms with Crippen LogP contribution in [0.1, 0.15) is 23.6 Å². The van der Waals surface area contributed by atoms with Crippen LogP contribution in [0.5, 0.6) is 0 Å². The zero-order valence-corrected chi connectivity index (χ0v) is 11.7. The first-order valence-corrected chi connectivity index (χ1v) is 7.07. The van der Waals surface area contributed by atoms with Crippen LogP contribution < -0.4 is 11.1 Å². The molecule has 2 atom stereocenters. The zero-order valence-electron chi connectivity index (χ0n) is 10.9. The second-order valence-electron chi connectivity index (χ2n) is 4.94. The molecule has 1 amide bonds. The Morgan fingerprint density at radius 2 is 2.33 bits per heavy atom. The number of amides is 1. The number of rotatable bonds is 4. The SMILES string of the molecule is CCc1ccc(CNC(=O)C2(C)COCC2N)s1. The summed E-state index contributed by atoms with van der Waals surface area (Å²) in [6, 6.07) is 3.96. The highest BCUT2D eigenvalue weighted by Crippen LogP contribution is 2.27. The first kappa shape index (κ1) is 13.5. The molecule has 1 saturated heterocycles. The summed E-state index contributed by atoms with van der Waals surface area (Å²) in [6.45, 7) is 5.44. The van der Waals surface area contributed by atoms with Gasteiger partial charge < -0.3 is 15.8 Å². The molecule has 0 aliphatic carbocycles. The Balaban J connectivity index is 1.92. The average molecular weight is 268 g/mol. The molecule has 2 rings (SSSR count). The number of hydrogen-bond donors (Lipinski definition) is 2. The predicted octanol–water partition coefficient (Wildman–Crippen LogP) is 1.29. The van der Waals surface area contributed by atoms with Gasteiger partial charge in [-0.2, -0.15) is 0 Å². The van der Waals surface area contributed by atoms with Crippen LogP contribution in [0.25, 0.3) is 0 Å². The Kier molecular flexibility index (Phi) is 4.04. The van der Waals surface area contributed by atoms with Crippen molar-refractivity contribution in [1.29, 1.82) is 0 Å². The number of thiophene rings is 1. The molecule has 3 N–H and O–H groups in total. The monoisotopic (exact) mass is 268 g/mol. The average Bonchev–Trinajstić information content (AvgIpc) is 2.95. The van der Waals surface area contributed by atoms with Gasteiger partial charge in [0.25, 0.3) is 0 Å². The topological polar surface area (TPSA) is 64.3 Å². The maximum absolute atomic E-state index is 12.2. The van der Waals surface area contributed by atoms with Crippen LogP contribution in [0, 0.1) is 5.41 Å². The van der Waals surface area contributed by atoms with Crippen LogP contribution in [0.4, 0.5) is 0 Å². The molecule has 0 spiro atoms. The van der Waals surface area contributed by atoms with E-state index in [9.17, 15) is 4.79 Å². The maximum atomic E-state index is 12.2. The van der Waals surface area contributed by atoms with Crippen molar-refractivity contribution in [1.82, 2.24) is 5.32 Å². The predicted molar refractivity (Wildman–Crippen MR) is 72.4 cm³/mol. The van der Waals surface area contributed by atoms with Crippen molar-refractivity contribution < 1.29 is 9.53 Å². The van der Waals surface area contributed by atoms with E-state index in [1.54, 1.807) is 11.3 Å². The number of ether oxygens (including phenoxy) is 1. The molecular formula is C13H20N2O2S. The first-order valence-electron chi connectivity index (χ1n) is 6.25. The zero-order chi connectivity index (χ0) is 13.2. The lowest BCUT2D eigenvalue weighted by atomic mass is 9.85. The van der Waals surface area contributed by atoms with E-state index in [0.717, 1.165) is 6.42 Å². The van der Waals surface area contributed by atoms with Crippen molar-refractivity contribution in [2.75, 3.05) is 13.2 Å². The molecule has 5 heteroatoms. The molecule has 0 saturated carbocycles. The smallest absolute Gasteiger partial charge is 0.230 e. The van der Waals surface area contributed by atoms with E-state index in [-0.39, 0.29) is 11.9 Å². The number of carbonyl (C=O) groups is 1. The Bertz CT molecular complexity index is 432. The van der Waals surface area contributed by atoms with Gasteiger partial charge in [-0.25, -0.2) is 0 Å². The molecule has 4 nitrogen and oxygen atoms in total. The molecule has 1 fully saturated rings. The van der Waals surface area contributed by atoms with Gasteiger partial charge in [-0.15, -0.1) is 11.3 Å². The van der Waals surface area contributed by atoms with Crippen LogP contribution in [0.3, 0.4) is 0 Å². The molecule has 100 valence electrons. The summed E-state index contributed by atoms with van der Waals surface area (Å²) < 4.78 is 5.28. The third kappa shape index (κ3) is 2.58. The number of aryl methyl sites for hydroxylation is 1. The van der Waals surface area contributed by atoms with Crippen molar-refractivity contribution in [3.05, 3.63) is 21.9 Å². The second kappa shape index (κ2) is 5.38. The lowest BCUT2D eigenvalue weighted by Crippen LogP contribution is -2.49. The quantitative estimate of drug-likeness (QED) is 0.865. The molecule has 1 aromatic heterocycles. The summed E-state index contributed by atoms with van der Waals surface area (Å²) in [7, 11) is 0. The Hall–Kier alpha value is -0.910. The molecule has 2 heterocycles. The normalized spacial score (nSPS) is 27.4. The van der Waals surface area contributed by atoms with E-state index in [4.69, 9.17) is 10.5 Å². The highest BCUT2D eigenvalue weighted by Gasteiger charge is 2.44. The minimum absolute atomic E-state index is 0.0149. The number of hydrogen-bond acceptors (Lipinski definition) is 4. The molecule has 1 aromatic rings. The van der Waals surface area contributed by atoms with Gasteiger partial charge in [-0.05, 0) is 25.5 Å². The van der Waals surface area contributed by atoms with Crippen LogP contribution in [-0.2, 0) is 22.5 Å². The van der Waals surface area contributed by atoms with Gasteiger partial charge in [0, 0.05) is 15.8 Å². The molecule has 2 unspecified atom stereocenters. The van der Waals surface area contributed by atoms with Crippen LogP contribution in [0.15, 0.2) is 12.1 Å². The lowest BCUT2D eigenvalue weighted by Gasteiger charge is -2.25. The highest BCUT2D eigenvalue weighted by molar-refractivity contribution is 7.11. The largest absolute Gasteiger partial charge is 0.379 e. The van der Waals surface area contributed by atoms with Gasteiger partial charge >= 0.3 is 0 Å². The fraction of sp³-hybridized carbons (Fsp3) is 0.615. The van der Waals surface area contributed by atoms with Crippen molar-refractivity contribution in [3.8, 4) is 0 Å². The van der Waals surface area contributed by atoms with Crippen molar-refractivity contribution >= 4 is 17.2 Å². The molecule has 0 bridgehead atoms. The Morgan fingerprint density at radius 1 is 1.61 bits per heavy atom. The Labute approximate surface area is 112 Å². The van der Waals surface area contributed by atoms with Gasteiger partial charge in [0.15, 0.2) is 0 Å². The molecule has 0 radical (unpaired) electrons. The fourth-order valence-corrected chi connectivity index (χ4v) is 2.90. The van der Waals surface area contributed by atoms with Crippen LogP contribution >= 0.6 is 11.3 Å². The van der Waals surface area contributed by atoms with Crippen LogP contribution in [-0.4, -0.2) is 25.2 Å². The van der Waals surface area contributed by atoms with Crippen molar-refractivity contribution in [2.24, 2.45) is 11.1 Å². The van der Waals surface area contributed by atoms with E-state index in [0.29, 0.717) is 19.8 Å². The van der Waals surface area contributed by atoms with Gasteiger partial charge in [0.2, 0.25) is 5.91 Å². The molecule has 1 aliphatic heterocycles. The standard InChI is InChI=1S/C13H20N2O2S/c1-3-9-4-5-10(18-9)6-15-12(16)13(2)8-17-7-11(13)14/h4-5,11H,3,6-8,14H2,1-2H3,(H,15,16). The summed E-state index contributed by atoms with van der Waals surface area (Å²) >= 11 is 1.74. The third-order valence-corrected chi connectivity index (χ3v) is 4.75. The Morgan fingerprint density at radius 3 is 2.89 bits per heavy atom. The summed E-state index contributed by atoms with van der Waals surface area (Å²) in [5.74, 6) is -0.0149. The number of nitrogens with one attached hydrogen (secondary N) is 1. The van der Waals surface area contributed by atoms with E-state index in [1.165, 1.54) is 9.75 Å². The summed E-state index contributed by atoms with van der Waals surface area (Å²) in [6.07, 6.45) is 1.04. The molecule has 18 heavy (non-hydrogen) atoms. The van der Waals surface area contributed by atoms with Crippen LogP contribution in [0.2, 0.25) is 0 Å². The van der Waals surface area contributed by atoms with E-state index >= 15 is 0 Å². The number of nitrogens with two attached hydrogens (primary N) is 1. The van der Waals surface area contributed by atoms with E-state index in [2.05, 4.69) is 24.4 Å². The minimum Gasteiger partial charge on any atom is -0.379 e. The lowest BCUT2D eigenvalue weighted by molar-refractivity contribution is -0.130. The van der Waals surface area contributed by atoms with Crippen molar-refractivity contribution in [3.63, 3.8) is 0 Å². The second-order valence-corrected chi connectivity index (χ2v) is 6.20.